The maximum absolute atomic E-state index is 13.6. The fourth-order valence-electron chi connectivity index (χ4n) is 2.00. The van der Waals surface area contributed by atoms with Gasteiger partial charge in [-0.1, -0.05) is 0 Å². The molecule has 5 heteroatoms. The van der Waals surface area contributed by atoms with Gasteiger partial charge in [0.2, 0.25) is 0 Å². The third kappa shape index (κ3) is 3.88. The van der Waals surface area contributed by atoms with Crippen LogP contribution in [0.25, 0.3) is 0 Å². The molecule has 0 heterocycles. The van der Waals surface area contributed by atoms with Gasteiger partial charge >= 0.3 is 0 Å². The van der Waals surface area contributed by atoms with Gasteiger partial charge in [0, 0.05) is 18.3 Å². The smallest absolute Gasteiger partial charge is 0.139 e. The van der Waals surface area contributed by atoms with E-state index in [-0.39, 0.29) is 5.82 Å². The molecule has 0 spiro atoms. The molecule has 3 nitrogen and oxygen atoms in total. The molecule has 21 heavy (non-hydrogen) atoms. The molecule has 0 amide bonds. The number of benzene rings is 2. The summed E-state index contributed by atoms with van der Waals surface area (Å²) in [6, 6.07) is 8.88. The van der Waals surface area contributed by atoms with Crippen LogP contribution in [0.1, 0.15) is 11.1 Å². The van der Waals surface area contributed by atoms with Crippen LogP contribution in [0, 0.1) is 12.7 Å². The number of hydrogen-bond donors (Lipinski definition) is 1. The number of methoxy groups -OCH3 is 2. The fraction of sp³-hybridized carbons (Fsp3) is 0.250. The van der Waals surface area contributed by atoms with E-state index in [1.807, 2.05) is 25.1 Å². The molecule has 2 aromatic carbocycles. The first-order valence-electron chi connectivity index (χ1n) is 6.45. The highest BCUT2D eigenvalue weighted by Crippen LogP contribution is 2.26. The zero-order valence-electron chi connectivity index (χ0n) is 12.2. The average Bonchev–Trinajstić information content (AvgIpc) is 2.49. The van der Waals surface area contributed by atoms with Crippen molar-refractivity contribution in [1.82, 2.24) is 0 Å². The summed E-state index contributed by atoms with van der Waals surface area (Å²) < 4.78 is 24.5. The Morgan fingerprint density at radius 1 is 1.05 bits per heavy atom. The molecular weight excluding hydrogens is 337 g/mol. The average molecular weight is 354 g/mol. The Bertz CT molecular complexity index is 624. The van der Waals surface area contributed by atoms with Gasteiger partial charge in [-0.3, -0.25) is 0 Å². The summed E-state index contributed by atoms with van der Waals surface area (Å²) >= 11 is 3.18. The van der Waals surface area contributed by atoms with Crippen molar-refractivity contribution in [3.8, 4) is 11.5 Å². The van der Waals surface area contributed by atoms with Crippen LogP contribution < -0.4 is 14.8 Å². The molecule has 0 radical (unpaired) electrons. The molecule has 2 rings (SSSR count). The maximum atomic E-state index is 13.6. The quantitative estimate of drug-likeness (QED) is 0.856. The zero-order chi connectivity index (χ0) is 15.4. The molecule has 0 aliphatic heterocycles. The van der Waals surface area contributed by atoms with Crippen molar-refractivity contribution in [2.24, 2.45) is 0 Å². The minimum atomic E-state index is -0.286. The second-order valence-corrected chi connectivity index (χ2v) is 5.51. The molecule has 0 aliphatic carbocycles. The number of aryl methyl sites for hydroxylation is 1. The Balaban J connectivity index is 2.18. The lowest BCUT2D eigenvalue weighted by atomic mass is 10.1. The van der Waals surface area contributed by atoms with E-state index in [9.17, 15) is 4.39 Å². The summed E-state index contributed by atoms with van der Waals surface area (Å²) in [5.74, 6) is 1.17. The number of anilines is 1. The van der Waals surface area contributed by atoms with Crippen molar-refractivity contribution in [3.05, 3.63) is 51.7 Å². The monoisotopic (exact) mass is 353 g/mol. The molecule has 0 fully saturated rings. The second-order valence-electron chi connectivity index (χ2n) is 4.66. The Morgan fingerprint density at radius 2 is 1.67 bits per heavy atom. The summed E-state index contributed by atoms with van der Waals surface area (Å²) in [6.45, 7) is 2.48. The summed E-state index contributed by atoms with van der Waals surface area (Å²) in [5, 5.41) is 3.23. The van der Waals surface area contributed by atoms with Crippen LogP contribution in [0.4, 0.5) is 10.1 Å². The lowest BCUT2D eigenvalue weighted by molar-refractivity contribution is 0.393. The summed E-state index contributed by atoms with van der Waals surface area (Å²) in [7, 11) is 3.22. The van der Waals surface area contributed by atoms with Gasteiger partial charge in [0.1, 0.15) is 17.3 Å². The fourth-order valence-corrected chi connectivity index (χ4v) is 2.46. The van der Waals surface area contributed by atoms with Crippen molar-refractivity contribution >= 4 is 21.6 Å². The van der Waals surface area contributed by atoms with E-state index in [0.29, 0.717) is 11.0 Å². The van der Waals surface area contributed by atoms with Crippen LogP contribution in [0.3, 0.4) is 0 Å². The number of halogens is 2. The van der Waals surface area contributed by atoms with Gasteiger partial charge in [0.25, 0.3) is 0 Å². The Hall–Kier alpha value is -1.75. The molecule has 0 aromatic heterocycles. The molecule has 0 atom stereocenters. The summed E-state index contributed by atoms with van der Waals surface area (Å²) in [6.07, 6.45) is 0. The Kier molecular flexibility index (Phi) is 5.07. The van der Waals surface area contributed by atoms with E-state index in [1.165, 1.54) is 6.07 Å². The first-order chi connectivity index (χ1) is 10.0. The van der Waals surface area contributed by atoms with E-state index in [2.05, 4.69) is 21.2 Å². The highest BCUT2D eigenvalue weighted by Gasteiger charge is 2.06. The normalized spacial score (nSPS) is 10.3. The predicted molar refractivity (Wildman–Crippen MR) is 85.7 cm³/mol. The molecule has 112 valence electrons. The van der Waals surface area contributed by atoms with Crippen molar-refractivity contribution in [3.63, 3.8) is 0 Å². The first-order valence-corrected chi connectivity index (χ1v) is 7.24. The zero-order valence-corrected chi connectivity index (χ0v) is 13.8. The summed E-state index contributed by atoms with van der Waals surface area (Å²) in [5.41, 5.74) is 2.73. The van der Waals surface area contributed by atoms with E-state index in [0.717, 1.165) is 28.3 Å². The van der Waals surface area contributed by atoms with Crippen molar-refractivity contribution < 1.29 is 13.9 Å². The molecule has 0 unspecified atom stereocenters. The second kappa shape index (κ2) is 6.80. The lowest BCUT2D eigenvalue weighted by Crippen LogP contribution is -2.02. The van der Waals surface area contributed by atoms with E-state index in [4.69, 9.17) is 9.47 Å². The van der Waals surface area contributed by atoms with E-state index >= 15 is 0 Å². The van der Waals surface area contributed by atoms with Gasteiger partial charge in [-0.25, -0.2) is 4.39 Å². The molecule has 1 N–H and O–H groups in total. The molecule has 2 aromatic rings. The highest BCUT2D eigenvalue weighted by molar-refractivity contribution is 9.10. The van der Waals surface area contributed by atoms with Crippen LogP contribution in [0.5, 0.6) is 11.5 Å². The highest BCUT2D eigenvalue weighted by atomic mass is 79.9. The van der Waals surface area contributed by atoms with Gasteiger partial charge in [-0.2, -0.15) is 0 Å². The SMILES string of the molecule is COc1cc(CNc2cc(F)c(Br)cc2C)cc(OC)c1. The van der Waals surface area contributed by atoms with Crippen molar-refractivity contribution in [2.75, 3.05) is 19.5 Å². The van der Waals surface area contributed by atoms with E-state index in [1.54, 1.807) is 20.3 Å². The standard InChI is InChI=1S/C16H17BrFNO2/c1-10-4-14(17)15(18)8-16(10)19-9-11-5-12(20-2)7-13(6-11)21-3/h4-8,19H,9H2,1-3H3. The lowest BCUT2D eigenvalue weighted by Gasteiger charge is -2.12. The van der Waals surface area contributed by atoms with E-state index < -0.39 is 0 Å². The first kappa shape index (κ1) is 15.6. The topological polar surface area (TPSA) is 30.5 Å². The minimum absolute atomic E-state index is 0.286. The Labute approximate surface area is 132 Å². The van der Waals surface area contributed by atoms with Gasteiger partial charge in [0.05, 0.1) is 18.7 Å². The molecular formula is C16H17BrFNO2. The maximum Gasteiger partial charge on any atom is 0.139 e. The molecule has 0 bridgehead atoms. The molecule has 0 saturated carbocycles. The van der Waals surface area contributed by atoms with Crippen LogP contribution >= 0.6 is 15.9 Å². The number of hydrogen-bond acceptors (Lipinski definition) is 3. The predicted octanol–water partition coefficient (Wildman–Crippen LogP) is 4.53. The molecule has 0 saturated heterocycles. The van der Waals surface area contributed by atoms with Crippen molar-refractivity contribution in [2.45, 2.75) is 13.5 Å². The van der Waals surface area contributed by atoms with Gasteiger partial charge in [-0.15, -0.1) is 0 Å². The van der Waals surface area contributed by atoms with Gasteiger partial charge in [-0.05, 0) is 58.2 Å². The van der Waals surface area contributed by atoms with Crippen LogP contribution in [0.15, 0.2) is 34.8 Å². The van der Waals surface area contributed by atoms with Crippen LogP contribution in [0.2, 0.25) is 0 Å². The number of nitrogens with one attached hydrogen (secondary N) is 1. The van der Waals surface area contributed by atoms with Gasteiger partial charge < -0.3 is 14.8 Å². The Morgan fingerprint density at radius 3 is 2.24 bits per heavy atom. The largest absolute Gasteiger partial charge is 0.497 e. The third-order valence-corrected chi connectivity index (χ3v) is 3.77. The van der Waals surface area contributed by atoms with Crippen LogP contribution in [-0.2, 0) is 6.54 Å². The van der Waals surface area contributed by atoms with Crippen molar-refractivity contribution in [1.29, 1.82) is 0 Å². The third-order valence-electron chi connectivity index (χ3n) is 3.16. The summed E-state index contributed by atoms with van der Waals surface area (Å²) in [4.78, 5) is 0. The minimum Gasteiger partial charge on any atom is -0.497 e. The number of rotatable bonds is 5. The number of ether oxygens (including phenoxy) is 2. The molecule has 0 aliphatic rings. The van der Waals surface area contributed by atoms with Crippen LogP contribution in [-0.4, -0.2) is 14.2 Å². The van der Waals surface area contributed by atoms with Gasteiger partial charge in [0.15, 0.2) is 0 Å².